The van der Waals surface area contributed by atoms with Crippen molar-refractivity contribution in [2.24, 2.45) is 35.0 Å². The maximum atomic E-state index is 11.8. The van der Waals surface area contributed by atoms with Gasteiger partial charge in [-0.3, -0.25) is 9.59 Å². The van der Waals surface area contributed by atoms with E-state index in [2.05, 4.69) is 45.9 Å². The van der Waals surface area contributed by atoms with Gasteiger partial charge in [0.1, 0.15) is 0 Å². The fraction of sp³-hybridized carbons (Fsp3) is 0.680. The molecular formula is C25H36O4. The van der Waals surface area contributed by atoms with Gasteiger partial charge in [-0.15, -0.1) is 0 Å². The lowest BCUT2D eigenvalue weighted by Crippen LogP contribution is -2.36. The van der Waals surface area contributed by atoms with Crippen molar-refractivity contribution in [3.63, 3.8) is 0 Å². The molecule has 29 heavy (non-hydrogen) atoms. The average Bonchev–Trinajstić information content (AvgIpc) is 3.16. The molecule has 2 saturated carbocycles. The molecule has 0 radical (unpaired) electrons. The monoisotopic (exact) mass is 400 g/mol. The highest BCUT2D eigenvalue weighted by Crippen LogP contribution is 2.54. The first-order chi connectivity index (χ1) is 13.6. The summed E-state index contributed by atoms with van der Waals surface area (Å²) >= 11 is 0. The molecule has 0 aromatic heterocycles. The summed E-state index contributed by atoms with van der Waals surface area (Å²) in [5, 5.41) is 19.2. The van der Waals surface area contributed by atoms with Crippen LogP contribution in [0.5, 0.6) is 0 Å². The van der Waals surface area contributed by atoms with Crippen LogP contribution in [-0.2, 0) is 9.59 Å². The van der Waals surface area contributed by atoms with Gasteiger partial charge >= 0.3 is 11.9 Å². The molecule has 0 heterocycles. The summed E-state index contributed by atoms with van der Waals surface area (Å²) in [6.07, 6.45) is 13.6. The Hall–Kier alpha value is -1.84. The van der Waals surface area contributed by atoms with Crippen LogP contribution in [-0.4, -0.2) is 22.2 Å². The van der Waals surface area contributed by atoms with Crippen LogP contribution in [0, 0.1) is 35.0 Å². The second-order valence-corrected chi connectivity index (χ2v) is 9.99. The van der Waals surface area contributed by atoms with Gasteiger partial charge in [0.2, 0.25) is 0 Å². The standard InChI is InChI=1S/C25H36O4/c1-15-5-8-18-16(2)6-9-19(18)17(3)7-10-21-20(22(23(26)27)24(28)29)12-14-25(21,4)13-11-15/h7-8,11,16,19-22H,5-6,9-10,12-14H2,1-4H3,(H,26,27)(H,28,29)/t16-,19-,20+,21+,25+/m0/s1. The van der Waals surface area contributed by atoms with E-state index in [0.29, 0.717) is 18.3 Å². The van der Waals surface area contributed by atoms with Crippen LogP contribution < -0.4 is 0 Å². The van der Waals surface area contributed by atoms with Gasteiger partial charge in [0.05, 0.1) is 0 Å². The largest absolute Gasteiger partial charge is 0.481 e. The van der Waals surface area contributed by atoms with E-state index in [9.17, 15) is 19.8 Å². The molecule has 4 nitrogen and oxygen atoms in total. The second-order valence-electron chi connectivity index (χ2n) is 9.99. The summed E-state index contributed by atoms with van der Waals surface area (Å²) in [5.74, 6) is -2.83. The molecule has 0 bridgehead atoms. The van der Waals surface area contributed by atoms with E-state index < -0.39 is 17.9 Å². The smallest absolute Gasteiger partial charge is 0.318 e. The topological polar surface area (TPSA) is 74.6 Å². The molecule has 3 aliphatic rings. The first kappa shape index (κ1) is 21.9. The van der Waals surface area contributed by atoms with Crippen LogP contribution in [0.25, 0.3) is 0 Å². The van der Waals surface area contributed by atoms with Gasteiger partial charge < -0.3 is 10.2 Å². The molecule has 3 aliphatic carbocycles. The van der Waals surface area contributed by atoms with Crippen molar-refractivity contribution in [1.82, 2.24) is 0 Å². The Morgan fingerprint density at radius 1 is 1.07 bits per heavy atom. The highest BCUT2D eigenvalue weighted by Gasteiger charge is 2.50. The summed E-state index contributed by atoms with van der Waals surface area (Å²) in [6, 6.07) is 0. The number of rotatable bonds is 3. The van der Waals surface area contributed by atoms with Crippen molar-refractivity contribution in [3.05, 3.63) is 34.9 Å². The van der Waals surface area contributed by atoms with Gasteiger partial charge in [-0.25, -0.2) is 0 Å². The lowest BCUT2D eigenvalue weighted by Gasteiger charge is -2.35. The SMILES string of the molecule is CC1=CC[C@]2(C)CC[C@@H](C(C(=O)O)C(=O)O)[C@H]2CC=C(C)[C@@H]2CC[C@H](C)C2=CC1. The zero-order valence-corrected chi connectivity index (χ0v) is 18.3. The minimum atomic E-state index is -1.31. The number of hydrogen-bond donors (Lipinski definition) is 2. The Balaban J connectivity index is 1.99. The van der Waals surface area contributed by atoms with Crippen LogP contribution in [0.1, 0.15) is 72.6 Å². The molecule has 0 aromatic carbocycles. The number of hydrogen-bond acceptors (Lipinski definition) is 2. The lowest BCUT2D eigenvalue weighted by atomic mass is 9.69. The summed E-state index contributed by atoms with van der Waals surface area (Å²) in [6.45, 7) is 8.94. The molecule has 0 amide bonds. The number of carbonyl (C=O) groups is 2. The number of fused-ring (bicyclic) bond motifs is 2. The first-order valence-electron chi connectivity index (χ1n) is 11.1. The zero-order valence-electron chi connectivity index (χ0n) is 18.3. The van der Waals surface area contributed by atoms with Crippen molar-refractivity contribution in [1.29, 1.82) is 0 Å². The van der Waals surface area contributed by atoms with Gasteiger partial charge in [0.25, 0.3) is 0 Å². The van der Waals surface area contributed by atoms with Crippen molar-refractivity contribution in [2.75, 3.05) is 0 Å². The van der Waals surface area contributed by atoms with Crippen LogP contribution in [0.3, 0.4) is 0 Å². The Labute approximate surface area is 174 Å². The van der Waals surface area contributed by atoms with Crippen LogP contribution in [0.15, 0.2) is 34.9 Å². The first-order valence-corrected chi connectivity index (χ1v) is 11.1. The van der Waals surface area contributed by atoms with Crippen LogP contribution >= 0.6 is 0 Å². The van der Waals surface area contributed by atoms with Gasteiger partial charge in [-0.1, -0.05) is 48.8 Å². The zero-order chi connectivity index (χ0) is 21.3. The van der Waals surface area contributed by atoms with Crippen molar-refractivity contribution in [2.45, 2.75) is 72.6 Å². The number of aliphatic carboxylic acids is 2. The fourth-order valence-electron chi connectivity index (χ4n) is 6.14. The third-order valence-electron chi connectivity index (χ3n) is 8.10. The molecule has 0 unspecified atom stereocenters. The van der Waals surface area contributed by atoms with E-state index in [-0.39, 0.29) is 17.3 Å². The summed E-state index contributed by atoms with van der Waals surface area (Å²) in [5.41, 5.74) is 4.22. The quantitative estimate of drug-likeness (QED) is 0.460. The lowest BCUT2D eigenvalue weighted by molar-refractivity contribution is -0.158. The predicted molar refractivity (Wildman–Crippen MR) is 114 cm³/mol. The third kappa shape index (κ3) is 4.36. The van der Waals surface area contributed by atoms with Gasteiger partial charge in [-0.2, -0.15) is 0 Å². The molecule has 0 aliphatic heterocycles. The Morgan fingerprint density at radius 3 is 2.41 bits per heavy atom. The van der Waals surface area contributed by atoms with Gasteiger partial charge in [0, 0.05) is 5.92 Å². The summed E-state index contributed by atoms with van der Waals surface area (Å²) in [4.78, 5) is 23.5. The molecule has 2 fully saturated rings. The highest BCUT2D eigenvalue weighted by molar-refractivity contribution is 5.93. The second kappa shape index (κ2) is 8.49. The van der Waals surface area contributed by atoms with E-state index in [4.69, 9.17) is 0 Å². The van der Waals surface area contributed by atoms with Gasteiger partial charge in [-0.05, 0) is 82.0 Å². The number of carboxylic acids is 2. The molecular weight excluding hydrogens is 364 g/mol. The van der Waals surface area contributed by atoms with E-state index in [0.717, 1.165) is 25.7 Å². The third-order valence-corrected chi connectivity index (χ3v) is 8.10. The van der Waals surface area contributed by atoms with Crippen molar-refractivity contribution >= 4 is 11.9 Å². The minimum Gasteiger partial charge on any atom is -0.481 e. The van der Waals surface area contributed by atoms with Crippen LogP contribution in [0.2, 0.25) is 0 Å². The molecule has 160 valence electrons. The minimum absolute atomic E-state index is 0.0550. The molecule has 0 saturated heterocycles. The molecule has 3 rings (SSSR count). The molecule has 0 spiro atoms. The van der Waals surface area contributed by atoms with E-state index in [1.165, 1.54) is 24.0 Å². The molecule has 4 heteroatoms. The summed E-state index contributed by atoms with van der Waals surface area (Å²) < 4.78 is 0. The maximum absolute atomic E-state index is 11.8. The summed E-state index contributed by atoms with van der Waals surface area (Å²) in [7, 11) is 0. The molecule has 2 N–H and O–H groups in total. The van der Waals surface area contributed by atoms with E-state index >= 15 is 0 Å². The predicted octanol–water partition coefficient (Wildman–Crippen LogP) is 5.85. The van der Waals surface area contributed by atoms with Crippen LogP contribution in [0.4, 0.5) is 0 Å². The average molecular weight is 401 g/mol. The Bertz CT molecular complexity index is 745. The van der Waals surface area contributed by atoms with Gasteiger partial charge in [0.15, 0.2) is 5.92 Å². The highest BCUT2D eigenvalue weighted by atomic mass is 16.4. The Morgan fingerprint density at radius 2 is 1.76 bits per heavy atom. The maximum Gasteiger partial charge on any atom is 0.318 e. The number of carboxylic acid groups (broad SMARTS) is 2. The van der Waals surface area contributed by atoms with Crippen molar-refractivity contribution < 1.29 is 19.8 Å². The van der Waals surface area contributed by atoms with Crippen molar-refractivity contribution in [3.8, 4) is 0 Å². The fourth-order valence-corrected chi connectivity index (χ4v) is 6.14. The molecule has 0 aromatic rings. The van der Waals surface area contributed by atoms with E-state index in [1.54, 1.807) is 5.57 Å². The normalized spacial score (nSPS) is 35.6. The Kier molecular flexibility index (Phi) is 6.40. The number of allylic oxidation sites excluding steroid dienone is 6. The molecule has 5 atom stereocenters. The van der Waals surface area contributed by atoms with E-state index in [1.807, 2.05) is 0 Å².